The third kappa shape index (κ3) is 5.86. The Balaban J connectivity index is 1.39. The topological polar surface area (TPSA) is 54.0 Å². The highest BCUT2D eigenvalue weighted by molar-refractivity contribution is 7.80. The zero-order valence-electron chi connectivity index (χ0n) is 19.5. The number of methoxy groups -OCH3 is 2. The summed E-state index contributed by atoms with van der Waals surface area (Å²) in [6, 6.07) is 8.24. The summed E-state index contributed by atoms with van der Waals surface area (Å²) >= 11 is 7.45. The van der Waals surface area contributed by atoms with Crippen molar-refractivity contribution in [1.29, 1.82) is 0 Å². The normalized spacial score (nSPS) is 17.0. The highest BCUT2D eigenvalue weighted by atomic mass is 32.1. The van der Waals surface area contributed by atoms with E-state index in [0.717, 1.165) is 62.7 Å². The van der Waals surface area contributed by atoms with Crippen molar-refractivity contribution in [3.05, 3.63) is 45.8 Å². The molecule has 1 fully saturated rings. The van der Waals surface area contributed by atoms with Gasteiger partial charge in [0.25, 0.3) is 0 Å². The number of piperazine rings is 1. The van der Waals surface area contributed by atoms with Crippen LogP contribution in [0.25, 0.3) is 0 Å². The molecule has 0 atom stereocenters. The molecular formula is C25H33N3O3S2. The van der Waals surface area contributed by atoms with Crippen molar-refractivity contribution < 1.29 is 14.3 Å². The third-order valence-electron chi connectivity index (χ3n) is 6.48. The first-order valence-corrected chi connectivity index (χ1v) is 13.0. The number of benzene rings is 1. The van der Waals surface area contributed by atoms with Gasteiger partial charge in [0, 0.05) is 37.6 Å². The first-order chi connectivity index (χ1) is 16.1. The summed E-state index contributed by atoms with van der Waals surface area (Å²) in [6.07, 6.45) is 6.73. The summed E-state index contributed by atoms with van der Waals surface area (Å²) in [6.45, 7) is 4.48. The maximum atomic E-state index is 12.7. The lowest BCUT2D eigenvalue weighted by atomic mass is 9.96. The Bertz CT molecular complexity index is 983. The van der Waals surface area contributed by atoms with Crippen molar-refractivity contribution in [3.63, 3.8) is 0 Å². The van der Waals surface area contributed by atoms with Crippen molar-refractivity contribution in [2.45, 2.75) is 45.1 Å². The lowest BCUT2D eigenvalue weighted by Crippen LogP contribution is -2.49. The van der Waals surface area contributed by atoms with Crippen molar-refractivity contribution in [3.8, 4) is 5.75 Å². The van der Waals surface area contributed by atoms with E-state index < -0.39 is 0 Å². The summed E-state index contributed by atoms with van der Waals surface area (Å²) in [4.78, 5) is 18.6. The van der Waals surface area contributed by atoms with Gasteiger partial charge in [-0.2, -0.15) is 0 Å². The molecule has 2 aromatic rings. The molecular weight excluding hydrogens is 454 g/mol. The Hall–Kier alpha value is -2.16. The average Bonchev–Trinajstić information content (AvgIpc) is 3.14. The molecule has 1 aromatic carbocycles. The standard InChI is InChI=1S/C25H33N3O3S2/c1-30-19-9-7-8-18(16-19)17-27-12-14-28(15-13-27)25(32)26-23-22(24(29)31-2)20-10-5-3-4-6-11-21(20)33-23/h7-9,16H,3-6,10-15,17H2,1-2H3,(H,26,32). The molecule has 8 heteroatoms. The number of carbonyl (C=O) groups excluding carboxylic acids is 1. The summed E-state index contributed by atoms with van der Waals surface area (Å²) in [7, 11) is 3.16. The molecule has 1 aliphatic carbocycles. The van der Waals surface area contributed by atoms with Gasteiger partial charge >= 0.3 is 5.97 Å². The number of ether oxygens (including phenoxy) is 2. The predicted molar refractivity (Wildman–Crippen MR) is 138 cm³/mol. The molecule has 0 spiro atoms. The summed E-state index contributed by atoms with van der Waals surface area (Å²) in [5, 5.41) is 4.95. The number of nitrogens with one attached hydrogen (secondary N) is 1. The van der Waals surface area contributed by atoms with Gasteiger partial charge in [-0.15, -0.1) is 11.3 Å². The molecule has 2 heterocycles. The Morgan fingerprint density at radius 2 is 1.85 bits per heavy atom. The Kier molecular flexibility index (Phi) is 8.22. The Morgan fingerprint density at radius 1 is 1.09 bits per heavy atom. The van der Waals surface area contributed by atoms with Crippen LogP contribution in [-0.4, -0.2) is 61.3 Å². The van der Waals surface area contributed by atoms with E-state index >= 15 is 0 Å². The first kappa shape index (κ1) is 24.0. The number of hydrogen-bond acceptors (Lipinski definition) is 6. The van der Waals surface area contributed by atoms with Gasteiger partial charge in [-0.3, -0.25) is 4.90 Å². The number of carbonyl (C=O) groups is 1. The van der Waals surface area contributed by atoms with Gasteiger partial charge in [-0.05, 0) is 61.2 Å². The minimum absolute atomic E-state index is 0.263. The number of esters is 1. The van der Waals surface area contributed by atoms with Gasteiger partial charge in [0.1, 0.15) is 10.8 Å². The number of rotatable bonds is 5. The molecule has 1 aromatic heterocycles. The van der Waals surface area contributed by atoms with Crippen molar-refractivity contribution >= 4 is 39.6 Å². The first-order valence-electron chi connectivity index (χ1n) is 11.7. The van der Waals surface area contributed by atoms with E-state index in [-0.39, 0.29) is 5.97 Å². The lowest BCUT2D eigenvalue weighted by Gasteiger charge is -2.36. The minimum Gasteiger partial charge on any atom is -0.497 e. The van der Waals surface area contributed by atoms with E-state index in [1.165, 1.54) is 42.4 Å². The van der Waals surface area contributed by atoms with Crippen LogP contribution in [0.4, 0.5) is 5.00 Å². The molecule has 1 saturated heterocycles. The maximum Gasteiger partial charge on any atom is 0.341 e. The number of aryl methyl sites for hydroxylation is 1. The van der Waals surface area contributed by atoms with Crippen molar-refractivity contribution in [2.75, 3.05) is 45.7 Å². The summed E-state index contributed by atoms with van der Waals surface area (Å²) in [5.74, 6) is 0.629. The number of nitrogens with zero attached hydrogens (tertiary/aromatic N) is 2. The molecule has 0 bridgehead atoms. The molecule has 2 aliphatic rings. The van der Waals surface area contributed by atoms with Gasteiger partial charge in [0.15, 0.2) is 5.11 Å². The van der Waals surface area contributed by atoms with Crippen LogP contribution in [0.3, 0.4) is 0 Å². The monoisotopic (exact) mass is 487 g/mol. The molecule has 0 unspecified atom stereocenters. The third-order valence-corrected chi connectivity index (χ3v) is 8.05. The second-order valence-electron chi connectivity index (χ2n) is 8.66. The second kappa shape index (κ2) is 11.3. The fraction of sp³-hybridized carbons (Fsp3) is 0.520. The average molecular weight is 488 g/mol. The molecule has 6 nitrogen and oxygen atoms in total. The van der Waals surface area contributed by atoms with E-state index in [4.69, 9.17) is 21.7 Å². The smallest absolute Gasteiger partial charge is 0.341 e. The van der Waals surface area contributed by atoms with E-state index in [0.29, 0.717) is 10.7 Å². The molecule has 0 radical (unpaired) electrons. The molecule has 0 amide bonds. The number of thiocarbonyl (C=S) groups is 1. The number of fused-ring (bicyclic) bond motifs is 1. The van der Waals surface area contributed by atoms with Crippen LogP contribution >= 0.6 is 23.6 Å². The molecule has 4 rings (SSSR count). The van der Waals surface area contributed by atoms with Crippen molar-refractivity contribution in [2.24, 2.45) is 0 Å². The van der Waals surface area contributed by atoms with Crippen LogP contribution in [0.15, 0.2) is 24.3 Å². The second-order valence-corrected chi connectivity index (χ2v) is 10.2. The van der Waals surface area contributed by atoms with E-state index in [1.807, 2.05) is 12.1 Å². The van der Waals surface area contributed by atoms with Crippen LogP contribution in [0.5, 0.6) is 5.75 Å². The number of hydrogen-bond donors (Lipinski definition) is 1. The predicted octanol–water partition coefficient (Wildman–Crippen LogP) is 4.72. The summed E-state index contributed by atoms with van der Waals surface area (Å²) in [5.41, 5.74) is 3.11. The fourth-order valence-electron chi connectivity index (χ4n) is 4.64. The van der Waals surface area contributed by atoms with Crippen LogP contribution < -0.4 is 10.1 Å². The lowest BCUT2D eigenvalue weighted by molar-refractivity contribution is 0.0601. The number of anilines is 1. The highest BCUT2D eigenvalue weighted by Gasteiger charge is 2.27. The van der Waals surface area contributed by atoms with Crippen LogP contribution in [0, 0.1) is 0 Å². The Morgan fingerprint density at radius 3 is 2.58 bits per heavy atom. The van der Waals surface area contributed by atoms with E-state index in [9.17, 15) is 4.79 Å². The number of thiophene rings is 1. The SMILES string of the molecule is COC(=O)c1c(NC(=S)N2CCN(Cc3cccc(OC)c3)CC2)sc2c1CCCCCC2. The zero-order valence-corrected chi connectivity index (χ0v) is 21.2. The summed E-state index contributed by atoms with van der Waals surface area (Å²) < 4.78 is 10.5. The van der Waals surface area contributed by atoms with E-state index in [2.05, 4.69) is 27.2 Å². The molecule has 0 saturated carbocycles. The highest BCUT2D eigenvalue weighted by Crippen LogP contribution is 2.37. The molecule has 1 N–H and O–H groups in total. The van der Waals surface area contributed by atoms with E-state index in [1.54, 1.807) is 18.4 Å². The van der Waals surface area contributed by atoms with Gasteiger partial charge in [-0.25, -0.2) is 4.79 Å². The van der Waals surface area contributed by atoms with Crippen LogP contribution in [0.2, 0.25) is 0 Å². The molecule has 33 heavy (non-hydrogen) atoms. The van der Waals surface area contributed by atoms with Crippen LogP contribution in [0.1, 0.15) is 52.0 Å². The zero-order chi connectivity index (χ0) is 23.2. The van der Waals surface area contributed by atoms with Gasteiger partial charge in [0.05, 0.1) is 19.8 Å². The molecule has 1 aliphatic heterocycles. The van der Waals surface area contributed by atoms with Gasteiger partial charge in [-0.1, -0.05) is 25.0 Å². The van der Waals surface area contributed by atoms with Crippen LogP contribution in [-0.2, 0) is 24.1 Å². The van der Waals surface area contributed by atoms with Gasteiger partial charge < -0.3 is 19.7 Å². The largest absolute Gasteiger partial charge is 0.497 e. The van der Waals surface area contributed by atoms with Gasteiger partial charge in [0.2, 0.25) is 0 Å². The quantitative estimate of drug-likeness (QED) is 0.484. The Labute approximate surface area is 205 Å². The van der Waals surface area contributed by atoms with Crippen molar-refractivity contribution in [1.82, 2.24) is 9.80 Å². The molecule has 178 valence electrons. The maximum absolute atomic E-state index is 12.7. The minimum atomic E-state index is -0.263. The fourth-order valence-corrected chi connectivity index (χ4v) is 6.27.